The summed E-state index contributed by atoms with van der Waals surface area (Å²) in [5.41, 5.74) is 4.28. The molecule has 0 aliphatic rings. The molecule has 132 valence electrons. The van der Waals surface area contributed by atoms with Gasteiger partial charge in [0.2, 0.25) is 11.8 Å². The SMILES string of the molecule is Cc1ccc(CCC(=O)N(C)CC(=O)Nc2ccccc2Br)c(C)c1. The number of halogens is 1. The molecule has 0 aliphatic carbocycles. The summed E-state index contributed by atoms with van der Waals surface area (Å²) in [6, 6.07) is 13.6. The molecule has 0 saturated heterocycles. The number of likely N-dealkylation sites (N-methyl/N-ethyl adjacent to an activating group) is 1. The Kier molecular flexibility index (Phi) is 6.76. The van der Waals surface area contributed by atoms with Gasteiger partial charge in [-0.2, -0.15) is 0 Å². The number of carbonyl (C=O) groups excluding carboxylic acids is 2. The van der Waals surface area contributed by atoms with Gasteiger partial charge in [-0.25, -0.2) is 0 Å². The standard InChI is InChI=1S/C20H23BrN2O2/c1-14-8-9-16(15(2)12-14)10-11-20(25)23(3)13-19(24)22-18-7-5-4-6-17(18)21/h4-9,12H,10-11,13H2,1-3H3,(H,22,24). The molecule has 2 amide bonds. The molecule has 0 aliphatic heterocycles. The molecule has 1 N–H and O–H groups in total. The van der Waals surface area contributed by atoms with Gasteiger partial charge in [-0.3, -0.25) is 9.59 Å². The zero-order valence-corrected chi connectivity index (χ0v) is 16.4. The van der Waals surface area contributed by atoms with Gasteiger partial charge in [0.05, 0.1) is 12.2 Å². The molecule has 5 heteroatoms. The summed E-state index contributed by atoms with van der Waals surface area (Å²) in [6.45, 7) is 4.15. The number of nitrogens with zero attached hydrogens (tertiary/aromatic N) is 1. The summed E-state index contributed by atoms with van der Waals surface area (Å²) in [6.07, 6.45) is 1.07. The second-order valence-corrected chi connectivity index (χ2v) is 7.06. The topological polar surface area (TPSA) is 49.4 Å². The highest BCUT2D eigenvalue weighted by Gasteiger charge is 2.14. The molecule has 2 aromatic rings. The molecular formula is C20H23BrN2O2. The maximum Gasteiger partial charge on any atom is 0.244 e. The first-order valence-electron chi connectivity index (χ1n) is 8.21. The number of para-hydroxylation sites is 1. The van der Waals surface area contributed by atoms with Crippen LogP contribution < -0.4 is 5.32 Å². The summed E-state index contributed by atoms with van der Waals surface area (Å²) in [5.74, 6) is -0.253. The summed E-state index contributed by atoms with van der Waals surface area (Å²) in [4.78, 5) is 25.9. The summed E-state index contributed by atoms with van der Waals surface area (Å²) >= 11 is 3.39. The average Bonchev–Trinajstić information content (AvgIpc) is 2.55. The molecule has 4 nitrogen and oxygen atoms in total. The van der Waals surface area contributed by atoms with Crippen LogP contribution in [0.2, 0.25) is 0 Å². The van der Waals surface area contributed by atoms with Crippen molar-refractivity contribution in [3.8, 4) is 0 Å². The molecule has 0 saturated carbocycles. The van der Waals surface area contributed by atoms with Crippen LogP contribution in [0.4, 0.5) is 5.69 Å². The van der Waals surface area contributed by atoms with E-state index in [0.29, 0.717) is 18.5 Å². The fourth-order valence-electron chi connectivity index (χ4n) is 2.61. The second-order valence-electron chi connectivity index (χ2n) is 6.21. The molecule has 2 aromatic carbocycles. The van der Waals surface area contributed by atoms with E-state index < -0.39 is 0 Å². The third-order valence-corrected chi connectivity index (χ3v) is 4.75. The summed E-state index contributed by atoms with van der Waals surface area (Å²) < 4.78 is 0.812. The fraction of sp³-hybridized carbons (Fsp3) is 0.300. The maximum atomic E-state index is 12.3. The van der Waals surface area contributed by atoms with Crippen molar-refractivity contribution in [3.05, 3.63) is 63.6 Å². The Morgan fingerprint density at radius 2 is 1.84 bits per heavy atom. The molecule has 0 aromatic heterocycles. The third-order valence-electron chi connectivity index (χ3n) is 4.06. The van der Waals surface area contributed by atoms with Crippen LogP contribution in [-0.2, 0) is 16.0 Å². The minimum Gasteiger partial charge on any atom is -0.336 e. The Morgan fingerprint density at radius 1 is 1.12 bits per heavy atom. The van der Waals surface area contributed by atoms with Crippen LogP contribution in [0.5, 0.6) is 0 Å². The van der Waals surface area contributed by atoms with E-state index in [1.165, 1.54) is 21.6 Å². The second kappa shape index (κ2) is 8.81. The van der Waals surface area contributed by atoms with E-state index in [4.69, 9.17) is 0 Å². The average molecular weight is 403 g/mol. The zero-order valence-electron chi connectivity index (χ0n) is 14.8. The highest BCUT2D eigenvalue weighted by Crippen LogP contribution is 2.21. The van der Waals surface area contributed by atoms with E-state index in [2.05, 4.69) is 53.3 Å². The summed E-state index contributed by atoms with van der Waals surface area (Å²) in [7, 11) is 1.66. The van der Waals surface area contributed by atoms with Crippen LogP contribution >= 0.6 is 15.9 Å². The molecule has 0 unspecified atom stereocenters. The molecule has 25 heavy (non-hydrogen) atoms. The van der Waals surface area contributed by atoms with E-state index in [0.717, 1.165) is 4.47 Å². The first-order valence-corrected chi connectivity index (χ1v) is 9.00. The van der Waals surface area contributed by atoms with Crippen molar-refractivity contribution in [3.63, 3.8) is 0 Å². The van der Waals surface area contributed by atoms with Gasteiger partial charge >= 0.3 is 0 Å². The van der Waals surface area contributed by atoms with E-state index in [1.54, 1.807) is 7.05 Å². The van der Waals surface area contributed by atoms with E-state index in [9.17, 15) is 9.59 Å². The lowest BCUT2D eigenvalue weighted by molar-refractivity contribution is -0.133. The van der Waals surface area contributed by atoms with Gasteiger partial charge in [-0.1, -0.05) is 35.9 Å². The number of hydrogen-bond donors (Lipinski definition) is 1. The van der Waals surface area contributed by atoms with Crippen LogP contribution in [0, 0.1) is 13.8 Å². The first-order chi connectivity index (χ1) is 11.9. The van der Waals surface area contributed by atoms with Gasteiger partial charge in [-0.05, 0) is 59.5 Å². The Balaban J connectivity index is 1.85. The van der Waals surface area contributed by atoms with Crippen molar-refractivity contribution in [2.45, 2.75) is 26.7 Å². The number of carbonyl (C=O) groups is 2. The van der Waals surface area contributed by atoms with Gasteiger partial charge in [0.25, 0.3) is 0 Å². The highest BCUT2D eigenvalue weighted by atomic mass is 79.9. The zero-order chi connectivity index (χ0) is 18.4. The summed E-state index contributed by atoms with van der Waals surface area (Å²) in [5, 5.41) is 2.81. The Morgan fingerprint density at radius 3 is 2.52 bits per heavy atom. The number of amides is 2. The lowest BCUT2D eigenvalue weighted by atomic mass is 10.0. The monoisotopic (exact) mass is 402 g/mol. The van der Waals surface area contributed by atoms with Crippen molar-refractivity contribution in [2.24, 2.45) is 0 Å². The number of benzene rings is 2. The highest BCUT2D eigenvalue weighted by molar-refractivity contribution is 9.10. The molecule has 0 fully saturated rings. The lowest BCUT2D eigenvalue weighted by Crippen LogP contribution is -2.35. The quantitative estimate of drug-likeness (QED) is 0.790. The molecule has 0 heterocycles. The van der Waals surface area contributed by atoms with Crippen LogP contribution in [0.1, 0.15) is 23.1 Å². The van der Waals surface area contributed by atoms with E-state index in [-0.39, 0.29) is 18.4 Å². The minimum atomic E-state index is -0.214. The van der Waals surface area contributed by atoms with Crippen LogP contribution in [0.25, 0.3) is 0 Å². The van der Waals surface area contributed by atoms with Crippen LogP contribution in [0.15, 0.2) is 46.9 Å². The normalized spacial score (nSPS) is 10.4. The maximum absolute atomic E-state index is 12.3. The van der Waals surface area contributed by atoms with Crippen molar-refractivity contribution in [2.75, 3.05) is 18.9 Å². The largest absolute Gasteiger partial charge is 0.336 e. The Labute approximate surface area is 157 Å². The molecular weight excluding hydrogens is 380 g/mol. The van der Waals surface area contributed by atoms with E-state index in [1.807, 2.05) is 24.3 Å². The van der Waals surface area contributed by atoms with Crippen molar-refractivity contribution in [1.29, 1.82) is 0 Å². The number of aryl methyl sites for hydroxylation is 3. The first kappa shape index (κ1) is 19.2. The molecule has 0 bridgehead atoms. The Bertz CT molecular complexity index is 774. The lowest BCUT2D eigenvalue weighted by Gasteiger charge is -2.17. The molecule has 2 rings (SSSR count). The van der Waals surface area contributed by atoms with Crippen molar-refractivity contribution in [1.82, 2.24) is 4.90 Å². The fourth-order valence-corrected chi connectivity index (χ4v) is 3.00. The minimum absolute atomic E-state index is 0.0348. The van der Waals surface area contributed by atoms with Crippen LogP contribution in [0.3, 0.4) is 0 Å². The Hall–Kier alpha value is -2.14. The number of nitrogens with one attached hydrogen (secondary N) is 1. The predicted octanol–water partition coefficient (Wildman–Crippen LogP) is 4.10. The third kappa shape index (κ3) is 5.71. The van der Waals surface area contributed by atoms with E-state index >= 15 is 0 Å². The van der Waals surface area contributed by atoms with Crippen molar-refractivity contribution >= 4 is 33.4 Å². The molecule has 0 spiro atoms. The molecule has 0 atom stereocenters. The van der Waals surface area contributed by atoms with Gasteiger partial charge in [0.15, 0.2) is 0 Å². The predicted molar refractivity (Wildman–Crippen MR) is 105 cm³/mol. The van der Waals surface area contributed by atoms with Crippen molar-refractivity contribution < 1.29 is 9.59 Å². The number of rotatable bonds is 6. The molecule has 0 radical (unpaired) electrons. The van der Waals surface area contributed by atoms with Gasteiger partial charge in [0.1, 0.15) is 0 Å². The van der Waals surface area contributed by atoms with Gasteiger partial charge in [-0.15, -0.1) is 0 Å². The number of hydrogen-bond acceptors (Lipinski definition) is 2. The smallest absolute Gasteiger partial charge is 0.244 e. The van der Waals surface area contributed by atoms with Crippen LogP contribution in [-0.4, -0.2) is 30.3 Å². The van der Waals surface area contributed by atoms with Gasteiger partial charge in [0, 0.05) is 17.9 Å². The number of anilines is 1. The van der Waals surface area contributed by atoms with Gasteiger partial charge < -0.3 is 10.2 Å².